The van der Waals surface area contributed by atoms with Gasteiger partial charge in [0.05, 0.1) is 11.8 Å². The third-order valence-corrected chi connectivity index (χ3v) is 6.14. The molecule has 0 heterocycles. The molecule has 0 aliphatic heterocycles. The van der Waals surface area contributed by atoms with Crippen LogP contribution in [0.2, 0.25) is 0 Å². The molecule has 2 atom stereocenters. The minimum atomic E-state index is -0.671. The molecule has 0 aliphatic carbocycles. The first-order chi connectivity index (χ1) is 17.2. The first kappa shape index (κ1) is 37.1. The van der Waals surface area contributed by atoms with Crippen LogP contribution in [-0.4, -0.2) is 35.2 Å². The number of nitrogens with zero attached hydrogens (tertiary/aromatic N) is 2. The Labute approximate surface area is 237 Å². The number of carbonyl (C=O) groups is 2. The Kier molecular flexibility index (Phi) is 23.1. The number of rotatable bonds is 13. The van der Waals surface area contributed by atoms with Gasteiger partial charge in [-0.15, -0.1) is 12.1 Å². The smallest absolute Gasteiger partial charge is 0.657 e. The number of benzene rings is 2. The van der Waals surface area contributed by atoms with E-state index in [1.54, 1.807) is 0 Å². The Morgan fingerprint density at radius 1 is 0.622 bits per heavy atom. The van der Waals surface area contributed by atoms with Crippen LogP contribution in [0.15, 0.2) is 60.7 Å². The van der Waals surface area contributed by atoms with Crippen molar-refractivity contribution in [3.8, 4) is 0 Å². The van der Waals surface area contributed by atoms with Gasteiger partial charge in [-0.3, -0.25) is 9.59 Å². The number of hydrogen-bond acceptors (Lipinski definition) is 2. The average Bonchev–Trinajstić information content (AvgIpc) is 2.89. The van der Waals surface area contributed by atoms with Gasteiger partial charge in [0.1, 0.15) is 0 Å². The molecule has 6 nitrogen and oxygen atoms in total. The van der Waals surface area contributed by atoms with Crippen LogP contribution in [0.25, 0.3) is 10.6 Å². The molecule has 202 valence electrons. The predicted molar refractivity (Wildman–Crippen MR) is 150 cm³/mol. The van der Waals surface area contributed by atoms with Crippen molar-refractivity contribution in [3.63, 3.8) is 0 Å². The molecule has 0 saturated carbocycles. The third kappa shape index (κ3) is 17.1. The molecule has 0 amide bonds. The molecule has 0 spiro atoms. The largest absolute Gasteiger partial charge is 2.00 e. The van der Waals surface area contributed by atoms with Crippen molar-refractivity contribution in [1.82, 2.24) is 0 Å². The van der Waals surface area contributed by atoms with Crippen molar-refractivity contribution < 1.29 is 39.3 Å². The quantitative estimate of drug-likeness (QED) is 0.189. The summed E-state index contributed by atoms with van der Waals surface area (Å²) in [6, 6.07) is 21.3. The molecule has 2 aromatic rings. The maximum atomic E-state index is 10.2. The average molecular weight is 564 g/mol. The van der Waals surface area contributed by atoms with Crippen molar-refractivity contribution in [1.29, 1.82) is 0 Å². The molecule has 0 fully saturated rings. The van der Waals surface area contributed by atoms with Crippen LogP contribution in [0.1, 0.15) is 90.4 Å². The van der Waals surface area contributed by atoms with Gasteiger partial charge >= 0.3 is 31.4 Å². The summed E-state index contributed by atoms with van der Waals surface area (Å²) in [6.45, 7) is 13.4. The summed E-state index contributed by atoms with van der Waals surface area (Å²) in [5.41, 5.74) is 2.53. The summed E-state index contributed by atoms with van der Waals surface area (Å²) >= 11 is 0. The van der Waals surface area contributed by atoms with Crippen molar-refractivity contribution in [2.45, 2.75) is 79.3 Å². The Morgan fingerprint density at radius 2 is 0.892 bits per heavy atom. The summed E-state index contributed by atoms with van der Waals surface area (Å²) in [7, 11) is 0. The van der Waals surface area contributed by atoms with Crippen LogP contribution in [0, 0.1) is 11.8 Å². The molecule has 2 N–H and O–H groups in total. The van der Waals surface area contributed by atoms with E-state index in [-0.39, 0.29) is 43.4 Å². The van der Waals surface area contributed by atoms with Crippen molar-refractivity contribution >= 4 is 11.9 Å². The van der Waals surface area contributed by atoms with Gasteiger partial charge in [0, 0.05) is 0 Å². The Bertz CT molecular complexity index is 743. The second-order valence-electron chi connectivity index (χ2n) is 8.69. The summed E-state index contributed by atoms with van der Waals surface area (Å²) in [5, 5.41) is 26.1. The van der Waals surface area contributed by atoms with E-state index >= 15 is 0 Å². The molecule has 0 saturated heterocycles. The Balaban J connectivity index is 0. The van der Waals surface area contributed by atoms with Crippen LogP contribution in [0.4, 0.5) is 0 Å². The fraction of sp³-hybridized carbons (Fsp3) is 0.533. The molecule has 0 radical (unpaired) electrons. The second kappa shape index (κ2) is 23.1. The van der Waals surface area contributed by atoms with Gasteiger partial charge in [-0.2, -0.15) is 13.1 Å². The topological polar surface area (TPSA) is 103 Å². The summed E-state index contributed by atoms with van der Waals surface area (Å²) in [6.07, 6.45) is 2.97. The molecule has 0 bridgehead atoms. The Morgan fingerprint density at radius 3 is 1.08 bits per heavy atom. The Hall–Kier alpha value is -2.08. The third-order valence-electron chi connectivity index (χ3n) is 6.14. The van der Waals surface area contributed by atoms with E-state index in [2.05, 4.69) is 73.0 Å². The van der Waals surface area contributed by atoms with Crippen molar-refractivity contribution in [2.24, 2.45) is 11.8 Å². The first-order valence-corrected chi connectivity index (χ1v) is 13.1. The molecular weight excluding hydrogens is 518 g/mol. The van der Waals surface area contributed by atoms with Crippen LogP contribution in [0.3, 0.4) is 0 Å². The molecule has 0 aromatic heterocycles. The molecule has 0 unspecified atom stereocenters. The number of hydrogen-bond donors (Lipinski definition) is 2. The monoisotopic (exact) mass is 562 g/mol. The van der Waals surface area contributed by atoms with Gasteiger partial charge in [0.2, 0.25) is 0 Å². The van der Waals surface area contributed by atoms with Gasteiger partial charge in [-0.25, -0.2) is 0 Å². The molecule has 0 aliphatic rings. The van der Waals surface area contributed by atoms with E-state index < -0.39 is 11.9 Å². The summed E-state index contributed by atoms with van der Waals surface area (Å²) < 4.78 is 0. The number of carboxylic acid groups (broad SMARTS) is 2. The molecule has 7 heteroatoms. The summed E-state index contributed by atoms with van der Waals surface area (Å²) in [5.74, 6) is -1.60. The molecule has 37 heavy (non-hydrogen) atoms. The van der Waals surface area contributed by atoms with Gasteiger partial charge in [-0.1, -0.05) is 113 Å². The van der Waals surface area contributed by atoms with E-state index in [4.69, 9.17) is 10.2 Å². The predicted octanol–water partition coefficient (Wildman–Crippen LogP) is 8.27. The van der Waals surface area contributed by atoms with Crippen LogP contribution < -0.4 is 0 Å². The van der Waals surface area contributed by atoms with E-state index in [1.807, 2.05) is 39.8 Å². The standard InChI is InChI=1S/C18H22N2.2C6H12O2.Zn/c1-15(17-9-5-3-6-10-17)19-13-14-20-16(2)18-11-7-4-8-12-18;2*1-3-5(4-2)6(7)8;/h3-12,15-16H,13-14H2,1-2H3;2*5H,3-4H2,1-2H3,(H,7,8);/q-2;;;+2/t15-,16-;;;/m1.../s1. The SMILES string of the molecule is CCC(CC)C(=O)O.CCC(CC)C(=O)O.C[C@@H]([N-]CC[N-][C@H](C)c1ccccc1)c1ccccc1.[Zn+2]. The van der Waals surface area contributed by atoms with E-state index in [9.17, 15) is 9.59 Å². The van der Waals surface area contributed by atoms with Gasteiger partial charge in [-0.05, 0) is 25.7 Å². The zero-order valence-electron chi connectivity index (χ0n) is 23.6. The first-order valence-electron chi connectivity index (χ1n) is 13.1. The zero-order chi connectivity index (χ0) is 27.3. The maximum Gasteiger partial charge on any atom is 2.00 e. The molecule has 2 rings (SSSR count). The van der Waals surface area contributed by atoms with Gasteiger partial charge < -0.3 is 20.8 Å². The van der Waals surface area contributed by atoms with Crippen LogP contribution in [0.5, 0.6) is 0 Å². The fourth-order valence-electron chi connectivity index (χ4n) is 3.45. The van der Waals surface area contributed by atoms with Crippen molar-refractivity contribution in [3.05, 3.63) is 82.4 Å². The van der Waals surface area contributed by atoms with Gasteiger partial charge in [0.15, 0.2) is 0 Å². The second-order valence-corrected chi connectivity index (χ2v) is 8.69. The van der Waals surface area contributed by atoms with E-state index in [0.717, 1.165) is 38.8 Å². The number of aliphatic carboxylic acids is 2. The maximum absolute atomic E-state index is 10.2. The van der Waals surface area contributed by atoms with E-state index in [0.29, 0.717) is 0 Å². The van der Waals surface area contributed by atoms with Crippen LogP contribution in [-0.2, 0) is 29.1 Å². The van der Waals surface area contributed by atoms with E-state index in [1.165, 1.54) is 11.1 Å². The van der Waals surface area contributed by atoms with Crippen LogP contribution >= 0.6 is 0 Å². The normalized spacial score (nSPS) is 11.8. The minimum absolute atomic E-state index is 0. The molecular formula is C30H46N2O4Zn. The van der Waals surface area contributed by atoms with Crippen molar-refractivity contribution in [2.75, 3.05) is 13.1 Å². The fourth-order valence-corrected chi connectivity index (χ4v) is 3.45. The van der Waals surface area contributed by atoms with Gasteiger partial charge in [0.25, 0.3) is 0 Å². The summed E-state index contributed by atoms with van der Waals surface area (Å²) in [4.78, 5) is 20.3. The minimum Gasteiger partial charge on any atom is -0.657 e. The molecule has 2 aromatic carbocycles. The zero-order valence-corrected chi connectivity index (χ0v) is 26.6. The number of carboxylic acids is 2.